The number of oxime groups is 1. The molecule has 0 atom stereocenters. The van der Waals surface area contributed by atoms with Crippen LogP contribution in [0.3, 0.4) is 0 Å². The maximum absolute atomic E-state index is 11.4. The third-order valence-electron chi connectivity index (χ3n) is 2.23. The Morgan fingerprint density at radius 2 is 2.24 bits per heavy atom. The Morgan fingerprint density at radius 3 is 2.82 bits per heavy atom. The van der Waals surface area contributed by atoms with Crippen molar-refractivity contribution < 1.29 is 10.3 Å². The molecule has 88 valence electrons. The van der Waals surface area contributed by atoms with E-state index < -0.39 is 5.69 Å². The molecule has 0 radical (unpaired) electrons. The largest absolute Gasteiger partial charge is 0.493 e. The average Bonchev–Trinajstić information content (AvgIpc) is 2.67. The maximum Gasteiger partial charge on any atom is 0.332 e. The Labute approximate surface area is 95.4 Å². The number of aromatic amines is 1. The van der Waals surface area contributed by atoms with E-state index in [-0.39, 0.29) is 11.7 Å². The van der Waals surface area contributed by atoms with Crippen LogP contribution in [-0.4, -0.2) is 25.7 Å². The number of imidazole rings is 1. The van der Waals surface area contributed by atoms with Gasteiger partial charge < -0.3 is 16.0 Å². The molecule has 1 aromatic heterocycles. The molecule has 0 saturated carbocycles. The predicted molar refractivity (Wildman–Crippen MR) is 60.6 cm³/mol. The van der Waals surface area contributed by atoms with E-state index in [2.05, 4.69) is 10.1 Å². The van der Waals surface area contributed by atoms with Crippen LogP contribution in [0.25, 0.3) is 5.69 Å². The first kappa shape index (κ1) is 10.8. The molecule has 1 heterocycles. The van der Waals surface area contributed by atoms with Crippen LogP contribution in [0.1, 0.15) is 5.56 Å². The minimum absolute atomic E-state index is 0.0559. The van der Waals surface area contributed by atoms with Crippen molar-refractivity contribution in [3.63, 3.8) is 0 Å². The van der Waals surface area contributed by atoms with Gasteiger partial charge in [-0.25, -0.2) is 4.79 Å². The van der Waals surface area contributed by atoms with E-state index in [1.54, 1.807) is 24.3 Å². The topological polar surface area (TPSA) is 117 Å². The highest BCUT2D eigenvalue weighted by molar-refractivity contribution is 5.97. The van der Waals surface area contributed by atoms with Crippen molar-refractivity contribution in [1.29, 1.82) is 0 Å². The second-order valence-corrected chi connectivity index (χ2v) is 3.35. The molecule has 0 amide bonds. The quantitative estimate of drug-likeness (QED) is 0.252. The zero-order chi connectivity index (χ0) is 12.4. The van der Waals surface area contributed by atoms with E-state index in [0.717, 1.165) is 0 Å². The van der Waals surface area contributed by atoms with Crippen LogP contribution in [0, 0.1) is 0 Å². The molecule has 0 aliphatic heterocycles. The van der Waals surface area contributed by atoms with Gasteiger partial charge in [0.1, 0.15) is 0 Å². The molecule has 1 aromatic carbocycles. The van der Waals surface area contributed by atoms with Gasteiger partial charge in [-0.1, -0.05) is 17.3 Å². The highest BCUT2D eigenvalue weighted by Gasteiger charge is 2.06. The number of amidine groups is 1. The van der Waals surface area contributed by atoms with Gasteiger partial charge in [-0.05, 0) is 12.1 Å². The van der Waals surface area contributed by atoms with Crippen LogP contribution in [0.4, 0.5) is 0 Å². The highest BCUT2D eigenvalue weighted by atomic mass is 16.4. The number of rotatable bonds is 2. The number of H-pyrrole nitrogens is 1. The summed E-state index contributed by atoms with van der Waals surface area (Å²) < 4.78 is 1.21. The van der Waals surface area contributed by atoms with Crippen LogP contribution < -0.4 is 11.4 Å². The summed E-state index contributed by atoms with van der Waals surface area (Å²) in [5, 5.41) is 20.6. The van der Waals surface area contributed by atoms with Gasteiger partial charge in [-0.3, -0.25) is 9.55 Å². The summed E-state index contributed by atoms with van der Waals surface area (Å²) in [7, 11) is 0. The number of aromatic nitrogens is 2. The van der Waals surface area contributed by atoms with Gasteiger partial charge in [-0.15, -0.1) is 0 Å². The molecule has 0 aliphatic rings. The van der Waals surface area contributed by atoms with Crippen LogP contribution in [0.5, 0.6) is 5.88 Å². The molecule has 2 aromatic rings. The van der Waals surface area contributed by atoms with E-state index in [9.17, 15) is 4.79 Å². The number of nitrogens with one attached hydrogen (secondary N) is 1. The first-order valence-corrected chi connectivity index (χ1v) is 4.71. The fraction of sp³-hybridized carbons (Fsp3) is 0. The molecule has 17 heavy (non-hydrogen) atoms. The van der Waals surface area contributed by atoms with E-state index in [1.807, 2.05) is 0 Å². The molecule has 0 bridgehead atoms. The summed E-state index contributed by atoms with van der Waals surface area (Å²) in [6.07, 6.45) is 1.24. The lowest BCUT2D eigenvalue weighted by Crippen LogP contribution is -2.16. The van der Waals surface area contributed by atoms with E-state index in [4.69, 9.17) is 16.0 Å². The van der Waals surface area contributed by atoms with Crippen molar-refractivity contribution >= 4 is 5.84 Å². The van der Waals surface area contributed by atoms with Crippen molar-refractivity contribution in [2.24, 2.45) is 10.9 Å². The van der Waals surface area contributed by atoms with Crippen LogP contribution in [0.15, 0.2) is 40.4 Å². The van der Waals surface area contributed by atoms with E-state index >= 15 is 0 Å². The normalized spacial score (nSPS) is 11.6. The van der Waals surface area contributed by atoms with Crippen LogP contribution in [-0.2, 0) is 0 Å². The SMILES string of the molecule is NC(=NO)c1cccc(-n2cc(O)[nH]c2=O)c1. The highest BCUT2D eigenvalue weighted by Crippen LogP contribution is 2.11. The molecule has 0 aliphatic carbocycles. The Balaban J connectivity index is 2.54. The van der Waals surface area contributed by atoms with Gasteiger partial charge in [0, 0.05) is 5.56 Å². The molecule has 2 rings (SSSR count). The molecule has 0 saturated heterocycles. The van der Waals surface area contributed by atoms with Gasteiger partial charge in [0.15, 0.2) is 5.84 Å². The first-order valence-electron chi connectivity index (χ1n) is 4.71. The number of nitrogens with zero attached hydrogens (tertiary/aromatic N) is 2. The van der Waals surface area contributed by atoms with Crippen molar-refractivity contribution in [3.05, 3.63) is 46.5 Å². The summed E-state index contributed by atoms with van der Waals surface area (Å²) in [5.74, 6) is -0.288. The summed E-state index contributed by atoms with van der Waals surface area (Å²) >= 11 is 0. The fourth-order valence-corrected chi connectivity index (χ4v) is 1.45. The summed E-state index contributed by atoms with van der Waals surface area (Å²) in [4.78, 5) is 13.6. The maximum atomic E-state index is 11.4. The number of hydrogen-bond donors (Lipinski definition) is 4. The molecule has 7 nitrogen and oxygen atoms in total. The predicted octanol–water partition coefficient (Wildman–Crippen LogP) is -0.0343. The minimum Gasteiger partial charge on any atom is -0.493 e. The zero-order valence-corrected chi connectivity index (χ0v) is 8.66. The van der Waals surface area contributed by atoms with E-state index in [1.165, 1.54) is 10.8 Å². The van der Waals surface area contributed by atoms with Gasteiger partial charge in [0.25, 0.3) is 0 Å². The third-order valence-corrected chi connectivity index (χ3v) is 2.23. The van der Waals surface area contributed by atoms with Gasteiger partial charge in [0.2, 0.25) is 5.88 Å². The van der Waals surface area contributed by atoms with Gasteiger partial charge in [0.05, 0.1) is 11.9 Å². The van der Waals surface area contributed by atoms with Crippen molar-refractivity contribution in [1.82, 2.24) is 9.55 Å². The average molecular weight is 234 g/mol. The second kappa shape index (κ2) is 4.05. The van der Waals surface area contributed by atoms with Crippen molar-refractivity contribution in [2.45, 2.75) is 0 Å². The summed E-state index contributed by atoms with van der Waals surface area (Å²) in [5.41, 5.74) is 5.93. The lowest BCUT2D eigenvalue weighted by atomic mass is 10.2. The molecular formula is C10H10N4O3. The van der Waals surface area contributed by atoms with Crippen LogP contribution in [0.2, 0.25) is 0 Å². The molecule has 0 unspecified atom stereocenters. The monoisotopic (exact) mass is 234 g/mol. The molecule has 7 heteroatoms. The molecule has 0 fully saturated rings. The molecule has 0 spiro atoms. The van der Waals surface area contributed by atoms with Crippen molar-refractivity contribution in [3.8, 4) is 11.6 Å². The number of aromatic hydroxyl groups is 1. The second-order valence-electron chi connectivity index (χ2n) is 3.35. The van der Waals surface area contributed by atoms with E-state index in [0.29, 0.717) is 11.3 Å². The van der Waals surface area contributed by atoms with Gasteiger partial charge >= 0.3 is 5.69 Å². The summed E-state index contributed by atoms with van der Waals surface area (Å²) in [6.45, 7) is 0. The number of nitrogens with two attached hydrogens (primary N) is 1. The number of hydrogen-bond acceptors (Lipinski definition) is 4. The van der Waals surface area contributed by atoms with Crippen LogP contribution >= 0.6 is 0 Å². The smallest absolute Gasteiger partial charge is 0.332 e. The zero-order valence-electron chi connectivity index (χ0n) is 8.66. The lowest BCUT2D eigenvalue weighted by Gasteiger charge is -2.03. The minimum atomic E-state index is -0.473. The Kier molecular flexibility index (Phi) is 2.57. The molecule has 5 N–H and O–H groups in total. The fourth-order valence-electron chi connectivity index (χ4n) is 1.45. The molecular weight excluding hydrogens is 224 g/mol. The summed E-state index contributed by atoms with van der Waals surface area (Å²) in [6, 6.07) is 6.50. The first-order chi connectivity index (χ1) is 8.11. The standard InChI is InChI=1S/C10H10N4O3/c11-9(13-17)6-2-1-3-7(4-6)14-5-8(15)12-10(14)16/h1-5,15,17H,(H2,11,13)(H,12,16). The number of benzene rings is 1. The Hall–Kier alpha value is -2.70. The Bertz CT molecular complexity index is 626. The lowest BCUT2D eigenvalue weighted by molar-refractivity contribution is 0.318. The third kappa shape index (κ3) is 1.98. The Morgan fingerprint density at radius 1 is 1.47 bits per heavy atom. The van der Waals surface area contributed by atoms with Gasteiger partial charge in [-0.2, -0.15) is 0 Å². The van der Waals surface area contributed by atoms with Crippen molar-refractivity contribution in [2.75, 3.05) is 0 Å².